The Balaban J connectivity index is 2.03. The van der Waals surface area contributed by atoms with E-state index < -0.39 is 0 Å². The molecule has 1 aliphatic rings. The second-order valence-electron chi connectivity index (χ2n) is 5.58. The van der Waals surface area contributed by atoms with Crippen molar-refractivity contribution in [1.82, 2.24) is 4.90 Å². The van der Waals surface area contributed by atoms with Crippen molar-refractivity contribution in [1.29, 1.82) is 0 Å². The molecule has 1 aromatic rings. The molecular weight excluding hydrogens is 252 g/mol. The number of nitrogens with zero attached hydrogens (tertiary/aromatic N) is 1. The van der Waals surface area contributed by atoms with Gasteiger partial charge in [0.2, 0.25) is 0 Å². The first-order chi connectivity index (χ1) is 9.65. The van der Waals surface area contributed by atoms with Gasteiger partial charge in [-0.1, -0.05) is 19.1 Å². The number of likely N-dealkylation sites (tertiary alicyclic amines) is 1. The molecule has 0 bridgehead atoms. The summed E-state index contributed by atoms with van der Waals surface area (Å²) in [6, 6.07) is 8.11. The van der Waals surface area contributed by atoms with Crippen LogP contribution in [0.2, 0.25) is 0 Å². The third-order valence-corrected chi connectivity index (χ3v) is 4.23. The van der Waals surface area contributed by atoms with Crippen LogP contribution in [0.4, 0.5) is 0 Å². The highest BCUT2D eigenvalue weighted by Gasteiger charge is 2.27. The molecule has 0 aliphatic carbocycles. The highest BCUT2D eigenvalue weighted by molar-refractivity contribution is 5.89. The molecule has 110 valence electrons. The van der Waals surface area contributed by atoms with Crippen molar-refractivity contribution in [3.8, 4) is 0 Å². The Morgan fingerprint density at radius 3 is 2.70 bits per heavy atom. The number of hydrogen-bond acceptors (Lipinski definition) is 4. The summed E-state index contributed by atoms with van der Waals surface area (Å²) < 4.78 is 4.71. The molecule has 0 radical (unpaired) electrons. The minimum atomic E-state index is -0.289. The van der Waals surface area contributed by atoms with Gasteiger partial charge in [0.1, 0.15) is 0 Å². The lowest BCUT2D eigenvalue weighted by molar-refractivity contribution is 0.0600. The maximum atomic E-state index is 11.4. The summed E-state index contributed by atoms with van der Waals surface area (Å²) in [5, 5.41) is 0. The number of methoxy groups -OCH3 is 1. The summed E-state index contributed by atoms with van der Waals surface area (Å²) in [5.41, 5.74) is 7.73. The first-order valence-corrected chi connectivity index (χ1v) is 7.27. The molecule has 20 heavy (non-hydrogen) atoms. The Hall–Kier alpha value is -1.39. The van der Waals surface area contributed by atoms with Crippen molar-refractivity contribution in [2.75, 3.05) is 20.2 Å². The number of carbonyl (C=O) groups is 1. The number of piperidine rings is 1. The molecule has 2 atom stereocenters. The lowest BCUT2D eigenvalue weighted by Crippen LogP contribution is -2.47. The fraction of sp³-hybridized carbons (Fsp3) is 0.562. The van der Waals surface area contributed by atoms with Gasteiger partial charge < -0.3 is 10.5 Å². The zero-order valence-electron chi connectivity index (χ0n) is 12.3. The average molecular weight is 276 g/mol. The zero-order valence-corrected chi connectivity index (χ0v) is 12.3. The number of carbonyl (C=O) groups excluding carboxylic acids is 1. The Morgan fingerprint density at radius 1 is 1.40 bits per heavy atom. The molecule has 1 saturated heterocycles. The minimum absolute atomic E-state index is 0.289. The Labute approximate surface area is 120 Å². The summed E-state index contributed by atoms with van der Waals surface area (Å²) in [4.78, 5) is 13.9. The number of nitrogens with two attached hydrogens (primary N) is 1. The molecule has 0 aromatic heterocycles. The van der Waals surface area contributed by atoms with Crippen LogP contribution in [0.25, 0.3) is 0 Å². The molecule has 1 aromatic carbocycles. The molecule has 4 nitrogen and oxygen atoms in total. The van der Waals surface area contributed by atoms with Crippen molar-refractivity contribution in [2.24, 2.45) is 11.7 Å². The zero-order chi connectivity index (χ0) is 14.5. The van der Waals surface area contributed by atoms with E-state index in [1.807, 2.05) is 24.3 Å². The monoisotopic (exact) mass is 276 g/mol. The lowest BCUT2D eigenvalue weighted by Gasteiger charge is -2.39. The molecule has 1 aliphatic heterocycles. The molecule has 2 N–H and O–H groups in total. The van der Waals surface area contributed by atoms with Crippen LogP contribution < -0.4 is 5.73 Å². The quantitative estimate of drug-likeness (QED) is 0.855. The molecule has 0 saturated carbocycles. The molecule has 2 unspecified atom stereocenters. The van der Waals surface area contributed by atoms with Crippen LogP contribution in [0.5, 0.6) is 0 Å². The normalized spacial score (nSPS) is 23.6. The number of benzene rings is 1. The van der Waals surface area contributed by atoms with Crippen LogP contribution >= 0.6 is 0 Å². The largest absolute Gasteiger partial charge is 0.465 e. The molecule has 1 heterocycles. The van der Waals surface area contributed by atoms with Crippen molar-refractivity contribution in [2.45, 2.75) is 32.4 Å². The fourth-order valence-corrected chi connectivity index (χ4v) is 3.01. The number of hydrogen-bond donors (Lipinski definition) is 1. The van der Waals surface area contributed by atoms with Crippen LogP contribution in [-0.2, 0) is 11.3 Å². The van der Waals surface area contributed by atoms with Crippen LogP contribution in [-0.4, -0.2) is 37.1 Å². The van der Waals surface area contributed by atoms with Gasteiger partial charge in [0, 0.05) is 19.1 Å². The van der Waals surface area contributed by atoms with E-state index in [9.17, 15) is 4.79 Å². The third-order valence-electron chi connectivity index (χ3n) is 4.23. The molecule has 0 amide bonds. The van der Waals surface area contributed by atoms with Gasteiger partial charge in [0.15, 0.2) is 0 Å². The van der Waals surface area contributed by atoms with E-state index in [1.165, 1.54) is 25.5 Å². The smallest absolute Gasteiger partial charge is 0.337 e. The van der Waals surface area contributed by atoms with E-state index >= 15 is 0 Å². The summed E-state index contributed by atoms with van der Waals surface area (Å²) >= 11 is 0. The lowest BCUT2D eigenvalue weighted by atomic mass is 9.90. The van der Waals surface area contributed by atoms with E-state index in [0.29, 0.717) is 24.1 Å². The van der Waals surface area contributed by atoms with Gasteiger partial charge in [-0.25, -0.2) is 4.79 Å². The maximum absolute atomic E-state index is 11.4. The van der Waals surface area contributed by atoms with Crippen molar-refractivity contribution < 1.29 is 9.53 Å². The van der Waals surface area contributed by atoms with E-state index in [-0.39, 0.29) is 5.97 Å². The highest BCUT2D eigenvalue weighted by Crippen LogP contribution is 2.24. The molecule has 1 fully saturated rings. The van der Waals surface area contributed by atoms with Gasteiger partial charge in [-0.15, -0.1) is 0 Å². The van der Waals surface area contributed by atoms with Gasteiger partial charge >= 0.3 is 5.97 Å². The number of rotatable bonds is 4. The molecule has 2 rings (SSSR count). The first kappa shape index (κ1) is 15.0. The molecular formula is C16H24N2O2. The van der Waals surface area contributed by atoms with Crippen molar-refractivity contribution >= 4 is 5.97 Å². The Kier molecular flexibility index (Phi) is 5.15. The first-order valence-electron chi connectivity index (χ1n) is 7.27. The SMILES string of the molecule is COC(=O)c1ccc(CN2CCCC(C)C2CN)cc1. The van der Waals surface area contributed by atoms with Gasteiger partial charge in [0.05, 0.1) is 12.7 Å². The summed E-state index contributed by atoms with van der Waals surface area (Å²) in [6.45, 7) is 4.99. The Bertz CT molecular complexity index is 444. The third kappa shape index (κ3) is 3.38. The molecule has 4 heteroatoms. The highest BCUT2D eigenvalue weighted by atomic mass is 16.5. The van der Waals surface area contributed by atoms with E-state index in [0.717, 1.165) is 13.1 Å². The van der Waals surface area contributed by atoms with Crippen LogP contribution in [0.15, 0.2) is 24.3 Å². The van der Waals surface area contributed by atoms with Gasteiger partial charge in [-0.2, -0.15) is 0 Å². The fourth-order valence-electron chi connectivity index (χ4n) is 3.01. The van der Waals surface area contributed by atoms with Gasteiger partial charge in [-0.3, -0.25) is 4.90 Å². The van der Waals surface area contributed by atoms with E-state index in [1.54, 1.807) is 0 Å². The topological polar surface area (TPSA) is 55.6 Å². The summed E-state index contributed by atoms with van der Waals surface area (Å²) in [5.74, 6) is 0.367. The van der Waals surface area contributed by atoms with Crippen LogP contribution in [0.1, 0.15) is 35.7 Å². The predicted octanol–water partition coefficient (Wildman–Crippen LogP) is 2.03. The second kappa shape index (κ2) is 6.86. The van der Waals surface area contributed by atoms with Crippen molar-refractivity contribution in [3.63, 3.8) is 0 Å². The average Bonchev–Trinajstić information content (AvgIpc) is 2.47. The Morgan fingerprint density at radius 2 is 2.10 bits per heavy atom. The maximum Gasteiger partial charge on any atom is 0.337 e. The van der Waals surface area contributed by atoms with Gasteiger partial charge in [-0.05, 0) is 43.0 Å². The van der Waals surface area contributed by atoms with E-state index in [2.05, 4.69) is 11.8 Å². The van der Waals surface area contributed by atoms with Crippen molar-refractivity contribution in [3.05, 3.63) is 35.4 Å². The predicted molar refractivity (Wildman–Crippen MR) is 79.4 cm³/mol. The van der Waals surface area contributed by atoms with Gasteiger partial charge in [0.25, 0.3) is 0 Å². The second-order valence-corrected chi connectivity index (χ2v) is 5.58. The standard InChI is InChI=1S/C16H24N2O2/c1-12-4-3-9-18(15(12)10-17)11-13-5-7-14(8-6-13)16(19)20-2/h5-8,12,15H,3-4,9-11,17H2,1-2H3. The summed E-state index contributed by atoms with van der Waals surface area (Å²) in [6.07, 6.45) is 2.50. The van der Waals surface area contributed by atoms with Crippen LogP contribution in [0.3, 0.4) is 0 Å². The van der Waals surface area contributed by atoms with E-state index in [4.69, 9.17) is 10.5 Å². The number of ether oxygens (including phenoxy) is 1. The summed E-state index contributed by atoms with van der Waals surface area (Å²) in [7, 11) is 1.40. The number of esters is 1. The minimum Gasteiger partial charge on any atom is -0.465 e. The molecule has 0 spiro atoms. The van der Waals surface area contributed by atoms with Crippen LogP contribution in [0, 0.1) is 5.92 Å².